The first-order valence-corrected chi connectivity index (χ1v) is 4.99. The van der Waals surface area contributed by atoms with Crippen molar-refractivity contribution in [3.05, 3.63) is 58.1 Å². The monoisotopic (exact) mass is 250 g/mol. The molecule has 0 saturated carbocycles. The highest BCUT2D eigenvalue weighted by Gasteiger charge is 2.16. The van der Waals surface area contributed by atoms with E-state index in [9.17, 15) is 18.9 Å². The molecule has 0 fully saturated rings. The van der Waals surface area contributed by atoms with Crippen LogP contribution in [0.15, 0.2) is 36.4 Å². The Bertz CT molecular complexity index is 609. The third kappa shape index (κ3) is 2.00. The molecule has 0 aliphatic rings. The maximum atomic E-state index is 13.5. The van der Waals surface area contributed by atoms with Crippen LogP contribution in [-0.2, 0) is 0 Å². The lowest BCUT2D eigenvalue weighted by Gasteiger charge is -2.06. The molecule has 2 N–H and O–H groups in total. The van der Waals surface area contributed by atoms with E-state index < -0.39 is 16.6 Å². The Kier molecular flexibility index (Phi) is 2.93. The lowest BCUT2D eigenvalue weighted by atomic mass is 10.0. The number of nitrogens with two attached hydrogens (primary N) is 1. The Morgan fingerprint density at radius 3 is 2.28 bits per heavy atom. The third-order valence-corrected chi connectivity index (χ3v) is 2.48. The SMILES string of the molecule is Nc1ccc(-c2c(F)cccc2F)cc1[N+](=O)[O-]. The number of anilines is 1. The summed E-state index contributed by atoms with van der Waals surface area (Å²) in [4.78, 5) is 10.0. The summed E-state index contributed by atoms with van der Waals surface area (Å²) in [5.74, 6) is -1.57. The second-order valence-corrected chi connectivity index (χ2v) is 3.63. The average molecular weight is 250 g/mol. The molecule has 0 aliphatic carbocycles. The van der Waals surface area contributed by atoms with Gasteiger partial charge in [0.25, 0.3) is 5.69 Å². The lowest BCUT2D eigenvalue weighted by Crippen LogP contribution is -1.97. The molecule has 0 spiro atoms. The summed E-state index contributed by atoms with van der Waals surface area (Å²) in [7, 11) is 0. The van der Waals surface area contributed by atoms with Gasteiger partial charge in [-0.15, -0.1) is 0 Å². The van der Waals surface area contributed by atoms with E-state index >= 15 is 0 Å². The van der Waals surface area contributed by atoms with E-state index in [1.54, 1.807) is 0 Å². The molecule has 2 aromatic rings. The van der Waals surface area contributed by atoms with Crippen LogP contribution in [0.5, 0.6) is 0 Å². The van der Waals surface area contributed by atoms with E-state index in [2.05, 4.69) is 0 Å². The lowest BCUT2D eigenvalue weighted by molar-refractivity contribution is -0.383. The molecule has 0 aliphatic heterocycles. The van der Waals surface area contributed by atoms with Gasteiger partial charge in [0, 0.05) is 6.07 Å². The highest BCUT2D eigenvalue weighted by Crippen LogP contribution is 2.31. The van der Waals surface area contributed by atoms with Gasteiger partial charge in [-0.1, -0.05) is 12.1 Å². The van der Waals surface area contributed by atoms with Crippen molar-refractivity contribution in [3.63, 3.8) is 0 Å². The van der Waals surface area contributed by atoms with Crippen LogP contribution in [0.1, 0.15) is 0 Å². The minimum absolute atomic E-state index is 0.0551. The van der Waals surface area contributed by atoms with Crippen LogP contribution < -0.4 is 5.73 Å². The van der Waals surface area contributed by atoms with Crippen molar-refractivity contribution in [3.8, 4) is 11.1 Å². The zero-order chi connectivity index (χ0) is 13.3. The summed E-state index contributed by atoms with van der Waals surface area (Å²) in [6.07, 6.45) is 0. The Balaban J connectivity index is 2.65. The summed E-state index contributed by atoms with van der Waals surface area (Å²) in [5.41, 5.74) is 4.75. The molecule has 18 heavy (non-hydrogen) atoms. The molecule has 0 amide bonds. The minimum atomic E-state index is -0.783. The van der Waals surface area contributed by atoms with Crippen LogP contribution in [0.3, 0.4) is 0 Å². The van der Waals surface area contributed by atoms with E-state index in [1.807, 2.05) is 0 Å². The molecule has 4 nitrogen and oxygen atoms in total. The number of halogens is 2. The highest BCUT2D eigenvalue weighted by atomic mass is 19.1. The molecule has 92 valence electrons. The van der Waals surface area contributed by atoms with E-state index in [-0.39, 0.29) is 22.5 Å². The number of hydrogen-bond acceptors (Lipinski definition) is 3. The summed E-state index contributed by atoms with van der Waals surface area (Å²) >= 11 is 0. The van der Waals surface area contributed by atoms with Crippen molar-refractivity contribution in [2.45, 2.75) is 0 Å². The summed E-state index contributed by atoms with van der Waals surface area (Å²) in [5, 5.41) is 10.7. The van der Waals surface area contributed by atoms with Crippen LogP contribution in [0, 0.1) is 21.7 Å². The van der Waals surface area contributed by atoms with Gasteiger partial charge in [0.1, 0.15) is 17.3 Å². The molecule has 0 radical (unpaired) electrons. The summed E-state index contributed by atoms with van der Waals surface area (Å²) in [6, 6.07) is 7.03. The smallest absolute Gasteiger partial charge is 0.292 e. The van der Waals surface area contributed by atoms with Crippen LogP contribution in [-0.4, -0.2) is 4.92 Å². The van der Waals surface area contributed by atoms with Gasteiger partial charge in [-0.25, -0.2) is 8.78 Å². The molecule has 2 rings (SSSR count). The first kappa shape index (κ1) is 12.0. The zero-order valence-corrected chi connectivity index (χ0v) is 9.06. The van der Waals surface area contributed by atoms with Gasteiger partial charge in [0.15, 0.2) is 0 Å². The van der Waals surface area contributed by atoms with Crippen molar-refractivity contribution < 1.29 is 13.7 Å². The van der Waals surface area contributed by atoms with E-state index in [0.717, 1.165) is 18.2 Å². The van der Waals surface area contributed by atoms with Gasteiger partial charge in [-0.3, -0.25) is 10.1 Å². The van der Waals surface area contributed by atoms with Crippen LogP contribution >= 0.6 is 0 Å². The van der Waals surface area contributed by atoms with Gasteiger partial charge in [-0.05, 0) is 23.8 Å². The number of benzene rings is 2. The second-order valence-electron chi connectivity index (χ2n) is 3.63. The average Bonchev–Trinajstić information content (AvgIpc) is 2.30. The van der Waals surface area contributed by atoms with Gasteiger partial charge in [0.2, 0.25) is 0 Å². The highest BCUT2D eigenvalue weighted by molar-refractivity contribution is 5.72. The number of hydrogen-bond donors (Lipinski definition) is 1. The predicted octanol–water partition coefficient (Wildman–Crippen LogP) is 3.12. The largest absolute Gasteiger partial charge is 0.393 e. The molecule has 6 heteroatoms. The molecule has 0 bridgehead atoms. The maximum absolute atomic E-state index is 13.5. The topological polar surface area (TPSA) is 69.2 Å². The number of nitro groups is 1. The fourth-order valence-electron chi connectivity index (χ4n) is 1.63. The number of nitrogens with zero attached hydrogens (tertiary/aromatic N) is 1. The van der Waals surface area contributed by atoms with Gasteiger partial charge in [0.05, 0.1) is 10.5 Å². The van der Waals surface area contributed by atoms with Crippen molar-refractivity contribution >= 4 is 11.4 Å². The van der Waals surface area contributed by atoms with Crippen molar-refractivity contribution in [1.29, 1.82) is 0 Å². The van der Waals surface area contributed by atoms with Crippen molar-refractivity contribution in [2.75, 3.05) is 5.73 Å². The van der Waals surface area contributed by atoms with E-state index in [0.29, 0.717) is 0 Å². The maximum Gasteiger partial charge on any atom is 0.292 e. The number of nitrogen functional groups attached to an aromatic ring is 1. The van der Waals surface area contributed by atoms with Gasteiger partial charge >= 0.3 is 0 Å². The van der Waals surface area contributed by atoms with Crippen LogP contribution in [0.25, 0.3) is 11.1 Å². The molecule has 0 atom stereocenters. The number of nitro benzene ring substituents is 1. The Hall–Kier alpha value is -2.50. The quantitative estimate of drug-likeness (QED) is 0.505. The first-order chi connectivity index (χ1) is 8.50. The normalized spacial score (nSPS) is 10.3. The van der Waals surface area contributed by atoms with Crippen LogP contribution in [0.4, 0.5) is 20.2 Å². The Labute approximate surface area is 101 Å². The van der Waals surface area contributed by atoms with Crippen molar-refractivity contribution in [1.82, 2.24) is 0 Å². The molecule has 0 heterocycles. The molecule has 0 aromatic heterocycles. The standard InChI is InChI=1S/C12H8F2N2O2/c13-8-2-1-3-9(14)12(8)7-4-5-10(15)11(6-7)16(17)18/h1-6H,15H2. The minimum Gasteiger partial charge on any atom is -0.393 e. The second kappa shape index (κ2) is 4.40. The van der Waals surface area contributed by atoms with E-state index in [1.165, 1.54) is 18.2 Å². The fraction of sp³-hybridized carbons (Fsp3) is 0. The molecular weight excluding hydrogens is 242 g/mol. The Morgan fingerprint density at radius 2 is 1.72 bits per heavy atom. The number of rotatable bonds is 2. The molecule has 0 saturated heterocycles. The van der Waals surface area contributed by atoms with Gasteiger partial charge < -0.3 is 5.73 Å². The zero-order valence-electron chi connectivity index (χ0n) is 9.06. The summed E-state index contributed by atoms with van der Waals surface area (Å²) < 4.78 is 27.1. The third-order valence-electron chi connectivity index (χ3n) is 2.48. The summed E-state index contributed by atoms with van der Waals surface area (Å²) in [6.45, 7) is 0. The van der Waals surface area contributed by atoms with Crippen molar-refractivity contribution in [2.24, 2.45) is 0 Å². The van der Waals surface area contributed by atoms with Crippen LogP contribution in [0.2, 0.25) is 0 Å². The van der Waals surface area contributed by atoms with Gasteiger partial charge in [-0.2, -0.15) is 0 Å². The molecule has 0 unspecified atom stereocenters. The van der Waals surface area contributed by atoms with E-state index in [4.69, 9.17) is 5.73 Å². The Morgan fingerprint density at radius 1 is 1.11 bits per heavy atom. The predicted molar refractivity (Wildman–Crippen MR) is 62.9 cm³/mol. The first-order valence-electron chi connectivity index (χ1n) is 4.99. The molecular formula is C12H8F2N2O2. The fourth-order valence-corrected chi connectivity index (χ4v) is 1.63. The molecule has 2 aromatic carbocycles.